The van der Waals surface area contributed by atoms with E-state index in [9.17, 15) is 4.79 Å². The maximum Gasteiger partial charge on any atom is 0.408 e. The topological polar surface area (TPSA) is 94.1 Å². The number of nitrogens with one attached hydrogen (secondary N) is 3. The molecule has 0 aliphatic carbocycles. The van der Waals surface area contributed by atoms with Crippen LogP contribution in [0.25, 0.3) is 0 Å². The third-order valence-electron chi connectivity index (χ3n) is 4.94. The zero-order valence-electron chi connectivity index (χ0n) is 20.8. The van der Waals surface area contributed by atoms with Crippen LogP contribution in [0.3, 0.4) is 0 Å². The van der Waals surface area contributed by atoms with Gasteiger partial charge in [0.05, 0.1) is 12.1 Å². The molecule has 9 nitrogen and oxygen atoms in total. The van der Waals surface area contributed by atoms with Crippen molar-refractivity contribution in [1.82, 2.24) is 25.8 Å². The van der Waals surface area contributed by atoms with Gasteiger partial charge in [0.25, 0.3) is 0 Å². The number of guanidine groups is 1. The highest BCUT2D eigenvalue weighted by Crippen LogP contribution is 2.15. The minimum Gasteiger partial charge on any atom is -0.444 e. The van der Waals surface area contributed by atoms with E-state index < -0.39 is 17.2 Å². The van der Waals surface area contributed by atoms with Gasteiger partial charge in [0.15, 0.2) is 5.96 Å². The molecule has 0 aromatic carbocycles. The molecule has 0 atom stereocenters. The van der Waals surface area contributed by atoms with Gasteiger partial charge in [0.1, 0.15) is 11.4 Å². The Kier molecular flexibility index (Phi) is 9.12. The number of likely N-dealkylation sites (N-methyl/N-ethyl adjacent to an activating group) is 1. The lowest BCUT2D eigenvalue weighted by Crippen LogP contribution is -2.54. The summed E-state index contributed by atoms with van der Waals surface area (Å²) in [5.74, 6) is 1.70. The van der Waals surface area contributed by atoms with Crippen LogP contribution in [-0.2, 0) is 11.3 Å². The van der Waals surface area contributed by atoms with E-state index >= 15 is 0 Å². The van der Waals surface area contributed by atoms with Gasteiger partial charge in [-0.25, -0.2) is 14.8 Å². The first-order chi connectivity index (χ1) is 15.0. The Labute approximate surface area is 193 Å². The predicted octanol–water partition coefficient (Wildman–Crippen LogP) is 2.19. The van der Waals surface area contributed by atoms with Gasteiger partial charge in [-0.3, -0.25) is 0 Å². The molecule has 2 heterocycles. The summed E-state index contributed by atoms with van der Waals surface area (Å²) in [5.41, 5.74) is 0.0682. The number of piperazine rings is 1. The van der Waals surface area contributed by atoms with E-state index in [1.54, 1.807) is 0 Å². The second-order valence-electron chi connectivity index (χ2n) is 9.87. The normalized spacial score (nSPS) is 16.0. The van der Waals surface area contributed by atoms with Crippen molar-refractivity contribution in [2.24, 2.45) is 4.99 Å². The Morgan fingerprint density at radius 1 is 1.16 bits per heavy atom. The quantitative estimate of drug-likeness (QED) is 0.436. The molecule has 0 radical (unpaired) electrons. The molecular formula is C23H41N7O2. The standard InChI is InChI=1S/C23H41N7O2/c1-8-24-20(27-17-23(5,6)28-21(31)32-22(2,3)4)26-16-18-9-10-25-19(15-18)30-13-11-29(7)12-14-30/h9-10,15H,8,11-14,16-17H2,1-7H3,(H,28,31)(H2,24,26,27). The van der Waals surface area contributed by atoms with Crippen molar-refractivity contribution in [3.05, 3.63) is 23.9 Å². The summed E-state index contributed by atoms with van der Waals surface area (Å²) in [6.07, 6.45) is 1.42. The molecule has 1 amide bonds. The summed E-state index contributed by atoms with van der Waals surface area (Å²) in [5, 5.41) is 9.49. The molecule has 0 unspecified atom stereocenters. The highest BCUT2D eigenvalue weighted by atomic mass is 16.6. The lowest BCUT2D eigenvalue weighted by atomic mass is 10.1. The number of aromatic nitrogens is 1. The number of rotatable bonds is 7. The Bertz CT molecular complexity index is 766. The second-order valence-corrected chi connectivity index (χ2v) is 9.87. The van der Waals surface area contributed by atoms with Crippen molar-refractivity contribution in [1.29, 1.82) is 0 Å². The Morgan fingerprint density at radius 3 is 2.47 bits per heavy atom. The lowest BCUT2D eigenvalue weighted by Gasteiger charge is -2.33. The Morgan fingerprint density at radius 2 is 1.84 bits per heavy atom. The second kappa shape index (κ2) is 11.4. The third kappa shape index (κ3) is 9.30. The number of nitrogens with zero attached hydrogens (tertiary/aromatic N) is 4. The number of pyridine rings is 1. The molecule has 180 valence electrons. The van der Waals surface area contributed by atoms with Crippen LogP contribution < -0.4 is 20.9 Å². The fourth-order valence-electron chi connectivity index (χ4n) is 3.21. The van der Waals surface area contributed by atoms with E-state index in [0.717, 1.165) is 44.1 Å². The number of ether oxygens (including phenoxy) is 1. The van der Waals surface area contributed by atoms with Gasteiger partial charge in [0.2, 0.25) is 0 Å². The van der Waals surface area contributed by atoms with E-state index in [1.807, 2.05) is 53.8 Å². The number of amides is 1. The minimum atomic E-state index is -0.530. The smallest absolute Gasteiger partial charge is 0.408 e. The predicted molar refractivity (Wildman–Crippen MR) is 130 cm³/mol. The molecule has 1 aromatic rings. The van der Waals surface area contributed by atoms with E-state index in [1.165, 1.54) is 0 Å². The first-order valence-corrected chi connectivity index (χ1v) is 11.4. The van der Waals surface area contributed by atoms with E-state index in [-0.39, 0.29) is 0 Å². The van der Waals surface area contributed by atoms with Gasteiger partial charge in [0, 0.05) is 45.5 Å². The van der Waals surface area contributed by atoms with Crippen molar-refractivity contribution >= 4 is 17.9 Å². The molecular weight excluding hydrogens is 406 g/mol. The zero-order chi connectivity index (χ0) is 23.8. The van der Waals surface area contributed by atoms with Crippen molar-refractivity contribution in [2.75, 3.05) is 51.2 Å². The summed E-state index contributed by atoms with van der Waals surface area (Å²) in [4.78, 5) is 26.0. The maximum absolute atomic E-state index is 12.1. The fraction of sp³-hybridized carbons (Fsp3) is 0.696. The molecule has 1 saturated heterocycles. The van der Waals surface area contributed by atoms with Crippen molar-refractivity contribution in [3.63, 3.8) is 0 Å². The van der Waals surface area contributed by atoms with E-state index in [0.29, 0.717) is 19.0 Å². The first kappa shape index (κ1) is 25.7. The van der Waals surface area contributed by atoms with Crippen LogP contribution in [-0.4, -0.2) is 79.4 Å². The third-order valence-corrected chi connectivity index (χ3v) is 4.94. The van der Waals surface area contributed by atoms with Gasteiger partial charge in [-0.15, -0.1) is 0 Å². The fourth-order valence-corrected chi connectivity index (χ4v) is 3.21. The molecule has 0 saturated carbocycles. The van der Waals surface area contributed by atoms with Gasteiger partial charge < -0.3 is 30.5 Å². The highest BCUT2D eigenvalue weighted by molar-refractivity contribution is 5.80. The molecule has 3 N–H and O–H groups in total. The molecule has 9 heteroatoms. The van der Waals surface area contributed by atoms with Crippen molar-refractivity contribution in [3.8, 4) is 0 Å². The van der Waals surface area contributed by atoms with Crippen LogP contribution in [0.15, 0.2) is 23.3 Å². The lowest BCUT2D eigenvalue weighted by molar-refractivity contribution is 0.0474. The van der Waals surface area contributed by atoms with Gasteiger partial charge in [-0.1, -0.05) is 0 Å². The number of aliphatic imine (C=N–C) groups is 1. The number of hydrogen-bond acceptors (Lipinski definition) is 6. The molecule has 2 rings (SSSR count). The molecule has 1 fully saturated rings. The van der Waals surface area contributed by atoms with Gasteiger partial charge >= 0.3 is 6.09 Å². The first-order valence-electron chi connectivity index (χ1n) is 11.4. The summed E-state index contributed by atoms with van der Waals surface area (Å²) in [6, 6.07) is 4.12. The number of carbonyl (C=O) groups is 1. The van der Waals surface area contributed by atoms with Crippen LogP contribution in [0.5, 0.6) is 0 Å². The van der Waals surface area contributed by atoms with E-state index in [4.69, 9.17) is 9.73 Å². The monoisotopic (exact) mass is 447 g/mol. The summed E-state index contributed by atoms with van der Waals surface area (Å²) in [7, 11) is 2.15. The average molecular weight is 448 g/mol. The summed E-state index contributed by atoms with van der Waals surface area (Å²) in [6.45, 7) is 17.3. The molecule has 1 aromatic heterocycles. The average Bonchev–Trinajstić information content (AvgIpc) is 2.69. The van der Waals surface area contributed by atoms with Crippen LogP contribution in [0, 0.1) is 0 Å². The summed E-state index contributed by atoms with van der Waals surface area (Å²) < 4.78 is 5.36. The Balaban J connectivity index is 1.95. The number of anilines is 1. The van der Waals surface area contributed by atoms with E-state index in [2.05, 4.69) is 43.8 Å². The van der Waals surface area contributed by atoms with Gasteiger partial charge in [-0.05, 0) is 66.3 Å². The number of alkyl carbamates (subject to hydrolysis) is 1. The molecule has 0 bridgehead atoms. The molecule has 32 heavy (non-hydrogen) atoms. The highest BCUT2D eigenvalue weighted by Gasteiger charge is 2.24. The molecule has 0 spiro atoms. The number of hydrogen-bond donors (Lipinski definition) is 3. The maximum atomic E-state index is 12.1. The van der Waals surface area contributed by atoms with Gasteiger partial charge in [-0.2, -0.15) is 0 Å². The van der Waals surface area contributed by atoms with Crippen LogP contribution in [0.1, 0.15) is 47.1 Å². The van der Waals surface area contributed by atoms with Crippen LogP contribution in [0.2, 0.25) is 0 Å². The largest absolute Gasteiger partial charge is 0.444 e. The van der Waals surface area contributed by atoms with Crippen molar-refractivity contribution < 1.29 is 9.53 Å². The van der Waals surface area contributed by atoms with Crippen LogP contribution in [0.4, 0.5) is 10.6 Å². The SMILES string of the molecule is CCNC(=NCc1ccnc(N2CCN(C)CC2)c1)NCC(C)(C)NC(=O)OC(C)(C)C. The molecule has 1 aliphatic rings. The zero-order valence-corrected chi connectivity index (χ0v) is 20.8. The molecule has 1 aliphatic heterocycles. The number of carbonyl (C=O) groups excluding carboxylic acids is 1. The Hall–Kier alpha value is -2.55. The summed E-state index contributed by atoms with van der Waals surface area (Å²) >= 11 is 0. The minimum absolute atomic E-state index is 0.431. The van der Waals surface area contributed by atoms with Crippen LogP contribution >= 0.6 is 0 Å². The van der Waals surface area contributed by atoms with Crippen molar-refractivity contribution in [2.45, 2.75) is 59.2 Å².